The molecule has 114 valence electrons. The first kappa shape index (κ1) is 15.0. The molecule has 22 heavy (non-hydrogen) atoms. The third-order valence-corrected chi connectivity index (χ3v) is 5.15. The molecule has 0 spiro atoms. The van der Waals surface area contributed by atoms with Crippen molar-refractivity contribution in [1.29, 1.82) is 0 Å². The molecular formula is C14H14N4O2S2. The van der Waals surface area contributed by atoms with Crippen LogP contribution in [0.4, 0.5) is 5.82 Å². The third-order valence-electron chi connectivity index (χ3n) is 2.89. The molecule has 0 bridgehead atoms. The summed E-state index contributed by atoms with van der Waals surface area (Å²) in [5.74, 6) is 1.49. The summed E-state index contributed by atoms with van der Waals surface area (Å²) in [7, 11) is 0. The zero-order chi connectivity index (χ0) is 15.4. The molecule has 1 aliphatic heterocycles. The molecule has 0 saturated heterocycles. The van der Waals surface area contributed by atoms with E-state index in [1.54, 1.807) is 11.8 Å². The summed E-state index contributed by atoms with van der Waals surface area (Å²) in [6.45, 7) is 0.821. The van der Waals surface area contributed by atoms with Gasteiger partial charge < -0.3 is 5.32 Å². The van der Waals surface area contributed by atoms with Gasteiger partial charge in [0.05, 0.1) is 18.0 Å². The maximum Gasteiger partial charge on any atom is 0.273 e. The number of thioether (sulfide) groups is 2. The van der Waals surface area contributed by atoms with E-state index in [1.165, 1.54) is 22.5 Å². The minimum Gasteiger partial charge on any atom is -0.310 e. The SMILES string of the molecule is O=C(CSC1=NCCS1)Nc1cc(=O)n(-c2ccccc2)[nH]1. The van der Waals surface area contributed by atoms with Gasteiger partial charge in [-0.3, -0.25) is 19.7 Å². The zero-order valence-corrected chi connectivity index (χ0v) is 13.2. The van der Waals surface area contributed by atoms with Gasteiger partial charge in [-0.1, -0.05) is 41.7 Å². The summed E-state index contributed by atoms with van der Waals surface area (Å²) < 4.78 is 2.34. The number of H-pyrrole nitrogens is 1. The number of aromatic nitrogens is 2. The molecule has 0 radical (unpaired) electrons. The third kappa shape index (κ3) is 3.63. The number of carbonyl (C=O) groups is 1. The van der Waals surface area contributed by atoms with Crippen LogP contribution >= 0.6 is 23.5 Å². The Labute approximate surface area is 135 Å². The molecule has 0 atom stereocenters. The highest BCUT2D eigenvalue weighted by molar-refractivity contribution is 8.39. The normalized spacial score (nSPS) is 13.9. The molecule has 8 heteroatoms. The van der Waals surface area contributed by atoms with Crippen LogP contribution < -0.4 is 10.9 Å². The van der Waals surface area contributed by atoms with Crippen LogP contribution in [0.5, 0.6) is 0 Å². The van der Waals surface area contributed by atoms with Crippen molar-refractivity contribution in [3.05, 3.63) is 46.8 Å². The number of nitrogens with one attached hydrogen (secondary N) is 2. The highest BCUT2D eigenvalue weighted by Crippen LogP contribution is 2.21. The van der Waals surface area contributed by atoms with Gasteiger partial charge in [-0.2, -0.15) is 0 Å². The quantitative estimate of drug-likeness (QED) is 0.895. The van der Waals surface area contributed by atoms with Gasteiger partial charge in [-0.05, 0) is 12.1 Å². The largest absolute Gasteiger partial charge is 0.310 e. The van der Waals surface area contributed by atoms with Crippen molar-refractivity contribution in [2.45, 2.75) is 0 Å². The summed E-state index contributed by atoms with van der Waals surface area (Å²) in [5.41, 5.74) is 0.504. The fourth-order valence-corrected chi connectivity index (χ4v) is 3.75. The average molecular weight is 334 g/mol. The lowest BCUT2D eigenvalue weighted by molar-refractivity contribution is -0.113. The van der Waals surface area contributed by atoms with Crippen LogP contribution in [0.15, 0.2) is 46.2 Å². The topological polar surface area (TPSA) is 79.2 Å². The molecule has 1 aromatic carbocycles. The standard InChI is InChI=1S/C14H14N4O2S2/c19-12(9-22-14-15-6-7-21-14)16-11-8-13(20)18(17-11)10-4-2-1-3-5-10/h1-5,8,17H,6-7,9H2,(H,16,19). The van der Waals surface area contributed by atoms with Gasteiger partial charge in [0.2, 0.25) is 5.91 Å². The summed E-state index contributed by atoms with van der Waals surface area (Å²) >= 11 is 3.09. The van der Waals surface area contributed by atoms with Gasteiger partial charge in [0.15, 0.2) is 0 Å². The lowest BCUT2D eigenvalue weighted by Crippen LogP contribution is -2.15. The van der Waals surface area contributed by atoms with E-state index in [-0.39, 0.29) is 17.2 Å². The van der Waals surface area contributed by atoms with Crippen molar-refractivity contribution in [3.8, 4) is 5.69 Å². The summed E-state index contributed by atoms with van der Waals surface area (Å²) in [6.07, 6.45) is 0. The van der Waals surface area contributed by atoms with Gasteiger partial charge in [-0.15, -0.1) is 0 Å². The Morgan fingerprint density at radius 3 is 2.95 bits per heavy atom. The number of aromatic amines is 1. The smallest absolute Gasteiger partial charge is 0.273 e. The number of hydrogen-bond donors (Lipinski definition) is 2. The Morgan fingerprint density at radius 2 is 2.23 bits per heavy atom. The van der Waals surface area contributed by atoms with Gasteiger partial charge in [0, 0.05) is 11.8 Å². The number of carbonyl (C=O) groups excluding carboxylic acids is 1. The Morgan fingerprint density at radius 1 is 1.41 bits per heavy atom. The van der Waals surface area contributed by atoms with Crippen molar-refractivity contribution < 1.29 is 4.79 Å². The molecule has 6 nitrogen and oxygen atoms in total. The predicted molar refractivity (Wildman–Crippen MR) is 92.2 cm³/mol. The fraction of sp³-hybridized carbons (Fsp3) is 0.214. The van der Waals surface area contributed by atoms with E-state index >= 15 is 0 Å². The van der Waals surface area contributed by atoms with Crippen molar-refractivity contribution in [2.24, 2.45) is 4.99 Å². The van der Waals surface area contributed by atoms with Crippen LogP contribution in [0, 0.1) is 0 Å². The molecule has 1 aliphatic rings. The van der Waals surface area contributed by atoms with Crippen LogP contribution in [0.1, 0.15) is 0 Å². The first-order valence-corrected chi connectivity index (χ1v) is 8.67. The highest BCUT2D eigenvalue weighted by Gasteiger charge is 2.12. The van der Waals surface area contributed by atoms with Gasteiger partial charge in [0.1, 0.15) is 10.2 Å². The van der Waals surface area contributed by atoms with Crippen LogP contribution in [-0.4, -0.2) is 38.1 Å². The molecule has 0 fully saturated rings. The summed E-state index contributed by atoms with van der Waals surface area (Å²) in [5, 5.41) is 5.58. The number of anilines is 1. The second kappa shape index (κ2) is 6.89. The van der Waals surface area contributed by atoms with Crippen LogP contribution in [-0.2, 0) is 4.79 Å². The number of hydrogen-bond acceptors (Lipinski definition) is 5. The molecule has 2 heterocycles. The van der Waals surface area contributed by atoms with Gasteiger partial charge >= 0.3 is 0 Å². The van der Waals surface area contributed by atoms with E-state index in [2.05, 4.69) is 15.4 Å². The summed E-state index contributed by atoms with van der Waals surface area (Å²) in [4.78, 5) is 28.1. The molecule has 1 amide bonds. The van der Waals surface area contributed by atoms with E-state index < -0.39 is 0 Å². The van der Waals surface area contributed by atoms with Crippen molar-refractivity contribution in [2.75, 3.05) is 23.4 Å². The van der Waals surface area contributed by atoms with Crippen molar-refractivity contribution in [1.82, 2.24) is 9.78 Å². The molecule has 2 N–H and O–H groups in total. The number of para-hydroxylation sites is 1. The Bertz CT molecular complexity index is 752. The van der Waals surface area contributed by atoms with Crippen LogP contribution in [0.3, 0.4) is 0 Å². The molecule has 3 rings (SSSR count). The monoisotopic (exact) mass is 334 g/mol. The number of rotatable bonds is 4. The average Bonchev–Trinajstić information content (AvgIpc) is 3.16. The maximum atomic E-state index is 11.9. The second-order valence-electron chi connectivity index (χ2n) is 4.51. The minimum absolute atomic E-state index is 0.165. The Kier molecular flexibility index (Phi) is 4.69. The Hall–Kier alpha value is -1.93. The molecule has 0 unspecified atom stereocenters. The van der Waals surface area contributed by atoms with Crippen LogP contribution in [0.2, 0.25) is 0 Å². The van der Waals surface area contributed by atoms with Crippen LogP contribution in [0.25, 0.3) is 5.69 Å². The molecule has 0 aliphatic carbocycles. The van der Waals surface area contributed by atoms with E-state index in [0.717, 1.165) is 22.4 Å². The lowest BCUT2D eigenvalue weighted by Gasteiger charge is -2.03. The molecule has 2 aromatic rings. The lowest BCUT2D eigenvalue weighted by atomic mass is 10.3. The van der Waals surface area contributed by atoms with Crippen molar-refractivity contribution in [3.63, 3.8) is 0 Å². The molecule has 1 aromatic heterocycles. The number of nitrogens with zero attached hydrogens (tertiary/aromatic N) is 2. The first-order valence-electron chi connectivity index (χ1n) is 6.70. The number of benzene rings is 1. The van der Waals surface area contributed by atoms with E-state index in [4.69, 9.17) is 0 Å². The first-order chi connectivity index (χ1) is 10.7. The number of aliphatic imine (C=N–C) groups is 1. The summed E-state index contributed by atoms with van der Waals surface area (Å²) in [6, 6.07) is 10.6. The van der Waals surface area contributed by atoms with E-state index in [1.807, 2.05) is 30.3 Å². The van der Waals surface area contributed by atoms with E-state index in [9.17, 15) is 9.59 Å². The molecular weight excluding hydrogens is 320 g/mol. The number of amides is 1. The second-order valence-corrected chi connectivity index (χ2v) is 6.82. The zero-order valence-electron chi connectivity index (χ0n) is 11.6. The minimum atomic E-state index is -0.218. The Balaban J connectivity index is 1.63. The predicted octanol–water partition coefficient (Wildman–Crippen LogP) is 1.94. The highest BCUT2D eigenvalue weighted by atomic mass is 32.2. The molecule has 0 saturated carbocycles. The van der Waals surface area contributed by atoms with Gasteiger partial charge in [0.25, 0.3) is 5.56 Å². The van der Waals surface area contributed by atoms with Crippen molar-refractivity contribution >= 4 is 39.6 Å². The fourth-order valence-electron chi connectivity index (χ4n) is 1.95. The van der Waals surface area contributed by atoms with Gasteiger partial charge in [-0.25, -0.2) is 4.68 Å². The maximum absolute atomic E-state index is 11.9. The van der Waals surface area contributed by atoms with E-state index in [0.29, 0.717) is 5.82 Å².